The van der Waals surface area contributed by atoms with Gasteiger partial charge in [0.2, 0.25) is 0 Å². The van der Waals surface area contributed by atoms with Crippen molar-refractivity contribution in [3.63, 3.8) is 0 Å². The molecule has 0 fully saturated rings. The summed E-state index contributed by atoms with van der Waals surface area (Å²) < 4.78 is 9.07. The molecule has 0 bridgehead atoms. The number of rotatable bonds is 7. The van der Waals surface area contributed by atoms with E-state index >= 15 is 0 Å². The van der Waals surface area contributed by atoms with E-state index in [9.17, 15) is 0 Å². The molecule has 2 heterocycles. The molecule has 3 nitrogen and oxygen atoms in total. The summed E-state index contributed by atoms with van der Waals surface area (Å²) in [5, 5.41) is 7.07. The Morgan fingerprint density at radius 3 is 1.66 bits per heavy atom. The average molecular weight is 779 g/mol. The summed E-state index contributed by atoms with van der Waals surface area (Å²) in [4.78, 5) is 2.36. The number of nitrogens with zero attached hydrogens (tertiary/aromatic N) is 2. The zero-order valence-corrected chi connectivity index (χ0v) is 33.2. The molecule has 2 aromatic heterocycles. The van der Waals surface area contributed by atoms with Crippen molar-refractivity contribution >= 4 is 71.6 Å². The molecule has 0 aliphatic carbocycles. The minimum absolute atomic E-state index is 0.892. The van der Waals surface area contributed by atoms with Gasteiger partial charge in [0, 0.05) is 49.6 Å². The van der Waals surface area contributed by atoms with Gasteiger partial charge in [-0.05, 0) is 112 Å². The van der Waals surface area contributed by atoms with Crippen molar-refractivity contribution in [3.8, 4) is 39.1 Å². The summed E-state index contributed by atoms with van der Waals surface area (Å²) in [6.45, 7) is 0. The van der Waals surface area contributed by atoms with E-state index in [1.165, 1.54) is 38.1 Å². The fraction of sp³-hybridized carbons (Fsp3) is 0. The van der Waals surface area contributed by atoms with E-state index in [2.05, 4.69) is 234 Å². The first-order chi connectivity index (χ1) is 30.3. The van der Waals surface area contributed by atoms with E-state index in [0.717, 1.165) is 72.5 Å². The van der Waals surface area contributed by atoms with Crippen molar-refractivity contribution in [2.24, 2.45) is 0 Å². The minimum Gasteiger partial charge on any atom is -0.455 e. The summed E-state index contributed by atoms with van der Waals surface area (Å²) >= 11 is 0. The van der Waals surface area contributed by atoms with Gasteiger partial charge in [-0.1, -0.05) is 152 Å². The maximum Gasteiger partial charge on any atom is 0.143 e. The molecule has 0 spiro atoms. The second-order valence-corrected chi connectivity index (χ2v) is 15.7. The smallest absolute Gasteiger partial charge is 0.143 e. The topological polar surface area (TPSA) is 21.3 Å². The molecule has 12 rings (SSSR count). The summed E-state index contributed by atoms with van der Waals surface area (Å²) in [6.07, 6.45) is 0. The molecule has 0 saturated heterocycles. The number of fused-ring (bicyclic) bond motifs is 7. The number of hydrogen-bond acceptors (Lipinski definition) is 2. The van der Waals surface area contributed by atoms with Gasteiger partial charge in [-0.15, -0.1) is 0 Å². The molecule has 286 valence electrons. The minimum atomic E-state index is 0.892. The Bertz CT molecular complexity index is 3540. The second kappa shape index (κ2) is 14.3. The highest BCUT2D eigenvalue weighted by molar-refractivity contribution is 6.12. The summed E-state index contributed by atoms with van der Waals surface area (Å²) in [5.41, 5.74) is 15.4. The van der Waals surface area contributed by atoms with Gasteiger partial charge in [0.1, 0.15) is 11.2 Å². The Morgan fingerprint density at radius 2 is 0.902 bits per heavy atom. The highest BCUT2D eigenvalue weighted by Crippen LogP contribution is 2.45. The van der Waals surface area contributed by atoms with Gasteiger partial charge in [-0.2, -0.15) is 0 Å². The van der Waals surface area contributed by atoms with Crippen LogP contribution in [0.15, 0.2) is 235 Å². The van der Waals surface area contributed by atoms with Crippen LogP contribution in [0.1, 0.15) is 0 Å². The number of anilines is 3. The average Bonchev–Trinajstić information content (AvgIpc) is 3.88. The molecule has 61 heavy (non-hydrogen) atoms. The molecule has 0 unspecified atom stereocenters. The van der Waals surface area contributed by atoms with E-state index in [1.54, 1.807) is 0 Å². The normalized spacial score (nSPS) is 11.6. The van der Waals surface area contributed by atoms with Crippen LogP contribution < -0.4 is 4.90 Å². The monoisotopic (exact) mass is 778 g/mol. The van der Waals surface area contributed by atoms with Crippen LogP contribution in [-0.4, -0.2) is 4.57 Å². The third kappa shape index (κ3) is 5.82. The Kier molecular flexibility index (Phi) is 8.17. The van der Waals surface area contributed by atoms with Crippen molar-refractivity contribution in [1.82, 2.24) is 4.57 Å². The molecular weight excluding hydrogens is 741 g/mol. The highest BCUT2D eigenvalue weighted by atomic mass is 16.3. The maximum atomic E-state index is 6.67. The van der Waals surface area contributed by atoms with Crippen LogP contribution in [0.25, 0.3) is 93.6 Å². The lowest BCUT2D eigenvalue weighted by Crippen LogP contribution is -2.10. The van der Waals surface area contributed by atoms with Crippen molar-refractivity contribution in [3.05, 3.63) is 231 Å². The third-order valence-corrected chi connectivity index (χ3v) is 12.2. The molecule has 0 atom stereocenters. The molecule has 10 aromatic carbocycles. The van der Waals surface area contributed by atoms with Gasteiger partial charge in [0.25, 0.3) is 0 Å². The van der Waals surface area contributed by atoms with Crippen LogP contribution in [-0.2, 0) is 0 Å². The van der Waals surface area contributed by atoms with E-state index in [0.29, 0.717) is 0 Å². The third-order valence-electron chi connectivity index (χ3n) is 12.2. The molecule has 0 aliphatic heterocycles. The molecule has 0 radical (unpaired) electrons. The second-order valence-electron chi connectivity index (χ2n) is 15.7. The predicted octanol–water partition coefficient (Wildman–Crippen LogP) is 16.3. The maximum absolute atomic E-state index is 6.67. The van der Waals surface area contributed by atoms with Gasteiger partial charge in [-0.25, -0.2) is 0 Å². The Labute approximate surface area is 353 Å². The van der Waals surface area contributed by atoms with Crippen LogP contribution in [0.5, 0.6) is 0 Å². The van der Waals surface area contributed by atoms with Crippen LogP contribution in [0.2, 0.25) is 0 Å². The molecule has 12 aromatic rings. The van der Waals surface area contributed by atoms with Gasteiger partial charge >= 0.3 is 0 Å². The molecule has 3 heteroatoms. The Morgan fingerprint density at radius 1 is 0.328 bits per heavy atom. The lowest BCUT2D eigenvalue weighted by atomic mass is 9.90. The number of para-hydroxylation sites is 6. The van der Waals surface area contributed by atoms with Crippen LogP contribution in [0.3, 0.4) is 0 Å². The van der Waals surface area contributed by atoms with Crippen LogP contribution in [0, 0.1) is 0 Å². The number of furan rings is 1. The Hall–Kier alpha value is -8.14. The summed E-state index contributed by atoms with van der Waals surface area (Å²) in [7, 11) is 0. The molecular formula is C58H38N2O. The van der Waals surface area contributed by atoms with Crippen LogP contribution >= 0.6 is 0 Å². The fourth-order valence-electron chi connectivity index (χ4n) is 9.40. The molecule has 0 aliphatic rings. The Balaban J connectivity index is 1.11. The van der Waals surface area contributed by atoms with E-state index in [1.807, 2.05) is 6.07 Å². The van der Waals surface area contributed by atoms with E-state index in [4.69, 9.17) is 4.42 Å². The predicted molar refractivity (Wildman–Crippen MR) is 257 cm³/mol. The lowest BCUT2D eigenvalue weighted by molar-refractivity contribution is 0.670. The zero-order valence-electron chi connectivity index (χ0n) is 33.2. The standard InChI is InChI=1S/C58H38N2O/c1-4-17-43(18-5-1)59(44-19-6-2-7-20-44)55-34-33-46(48-23-10-11-24-49(48)55)41-35-40(36-42(37-41)47-27-16-28-53-52-26-13-15-30-57(52)61-58(47)53)39-31-32-51-50-25-12-14-29-54(50)60(56(51)38-39)45-21-8-3-9-22-45/h1-38H. The summed E-state index contributed by atoms with van der Waals surface area (Å²) in [5.74, 6) is 0. The number of benzene rings is 10. The largest absolute Gasteiger partial charge is 0.455 e. The SMILES string of the molecule is c1ccc(N(c2ccccc2)c2ccc(-c3cc(-c4ccc5c6ccccc6n(-c6ccccc6)c5c4)cc(-c4cccc5c4oc4ccccc45)c3)c3ccccc23)cc1. The van der Waals surface area contributed by atoms with E-state index < -0.39 is 0 Å². The van der Waals surface area contributed by atoms with Crippen molar-refractivity contribution in [1.29, 1.82) is 0 Å². The first-order valence-electron chi connectivity index (χ1n) is 20.8. The molecule has 0 N–H and O–H groups in total. The van der Waals surface area contributed by atoms with Gasteiger partial charge in [-0.3, -0.25) is 0 Å². The molecule has 0 amide bonds. The molecule has 0 saturated carbocycles. The van der Waals surface area contributed by atoms with Crippen LogP contribution in [0.4, 0.5) is 17.1 Å². The van der Waals surface area contributed by atoms with Gasteiger partial charge in [0.15, 0.2) is 0 Å². The van der Waals surface area contributed by atoms with E-state index in [-0.39, 0.29) is 0 Å². The van der Waals surface area contributed by atoms with Crippen molar-refractivity contribution in [2.75, 3.05) is 4.90 Å². The highest BCUT2D eigenvalue weighted by Gasteiger charge is 2.20. The van der Waals surface area contributed by atoms with Gasteiger partial charge in [0.05, 0.1) is 16.7 Å². The first-order valence-corrected chi connectivity index (χ1v) is 20.8. The zero-order chi connectivity index (χ0) is 40.3. The van der Waals surface area contributed by atoms with Crippen molar-refractivity contribution in [2.45, 2.75) is 0 Å². The number of hydrogen-bond donors (Lipinski definition) is 0. The first kappa shape index (κ1) is 34.9. The van der Waals surface area contributed by atoms with Crippen molar-refractivity contribution < 1.29 is 4.42 Å². The number of aromatic nitrogens is 1. The lowest BCUT2D eigenvalue weighted by Gasteiger charge is -2.27. The summed E-state index contributed by atoms with van der Waals surface area (Å²) in [6, 6.07) is 82.9. The fourth-order valence-corrected chi connectivity index (χ4v) is 9.40. The quantitative estimate of drug-likeness (QED) is 0.161. The van der Waals surface area contributed by atoms with Gasteiger partial charge < -0.3 is 13.9 Å².